The Morgan fingerprint density at radius 3 is 2.54 bits per heavy atom. The van der Waals surface area contributed by atoms with E-state index in [1.54, 1.807) is 7.11 Å². The van der Waals surface area contributed by atoms with E-state index in [2.05, 4.69) is 15.6 Å². The zero-order chi connectivity index (χ0) is 20.4. The molecule has 0 unspecified atom stereocenters. The van der Waals surface area contributed by atoms with Gasteiger partial charge in [-0.3, -0.25) is 4.99 Å². The van der Waals surface area contributed by atoms with Gasteiger partial charge in [-0.1, -0.05) is 30.3 Å². The largest absolute Gasteiger partial charge is 0.496 e. The first-order valence-corrected chi connectivity index (χ1v) is 10.7. The Morgan fingerprint density at radius 1 is 1.11 bits per heavy atom. The summed E-state index contributed by atoms with van der Waals surface area (Å²) in [5, 5.41) is 6.25. The van der Waals surface area contributed by atoms with Crippen LogP contribution in [0.15, 0.2) is 58.4 Å². The van der Waals surface area contributed by atoms with Crippen LogP contribution in [0, 0.1) is 5.82 Å². The number of nitrogens with one attached hydrogen (secondary N) is 2. The van der Waals surface area contributed by atoms with Crippen molar-refractivity contribution in [3.63, 3.8) is 0 Å². The van der Waals surface area contributed by atoms with Crippen LogP contribution in [0.3, 0.4) is 0 Å². The van der Waals surface area contributed by atoms with Crippen molar-refractivity contribution in [3.8, 4) is 5.75 Å². The topological polar surface area (TPSA) is 79.8 Å². The molecule has 0 fully saturated rings. The molecule has 0 heterocycles. The van der Waals surface area contributed by atoms with Gasteiger partial charge in [0.05, 0.1) is 19.4 Å². The van der Waals surface area contributed by atoms with Crippen LogP contribution in [0.5, 0.6) is 5.75 Å². The lowest BCUT2D eigenvalue weighted by Gasteiger charge is -2.13. The second kappa shape index (κ2) is 10.7. The molecule has 2 aromatic carbocycles. The van der Waals surface area contributed by atoms with Crippen LogP contribution in [0.4, 0.5) is 4.39 Å². The second-order valence-electron chi connectivity index (χ2n) is 6.00. The third-order valence-electron chi connectivity index (χ3n) is 4.03. The van der Waals surface area contributed by atoms with Crippen molar-refractivity contribution < 1.29 is 17.5 Å². The summed E-state index contributed by atoms with van der Waals surface area (Å²) in [5.74, 6) is 0.327. The zero-order valence-electron chi connectivity index (χ0n) is 16.1. The molecule has 0 aliphatic rings. The predicted molar refractivity (Wildman–Crippen MR) is 109 cm³/mol. The van der Waals surface area contributed by atoms with Crippen molar-refractivity contribution in [3.05, 3.63) is 59.9 Å². The molecule has 0 radical (unpaired) electrons. The number of para-hydroxylation sites is 1. The normalized spacial score (nSPS) is 11.9. The van der Waals surface area contributed by atoms with Crippen LogP contribution in [0.1, 0.15) is 12.5 Å². The number of hydrogen-bond donors (Lipinski definition) is 2. The molecule has 0 atom stereocenters. The lowest BCUT2D eigenvalue weighted by atomic mass is 10.1. The van der Waals surface area contributed by atoms with Gasteiger partial charge >= 0.3 is 0 Å². The Kier molecular flexibility index (Phi) is 8.25. The molecule has 0 amide bonds. The predicted octanol–water partition coefficient (Wildman–Crippen LogP) is 2.41. The molecule has 0 saturated heterocycles. The van der Waals surface area contributed by atoms with Gasteiger partial charge in [-0.2, -0.15) is 0 Å². The van der Waals surface area contributed by atoms with E-state index in [1.807, 2.05) is 31.2 Å². The van der Waals surface area contributed by atoms with Gasteiger partial charge < -0.3 is 15.4 Å². The molecule has 0 aliphatic heterocycles. The summed E-state index contributed by atoms with van der Waals surface area (Å²) in [6, 6.07) is 13.1. The quantitative estimate of drug-likeness (QED) is 0.493. The minimum atomic E-state index is -3.73. The molecule has 2 aromatic rings. The van der Waals surface area contributed by atoms with E-state index in [4.69, 9.17) is 4.74 Å². The summed E-state index contributed by atoms with van der Waals surface area (Å²) in [4.78, 5) is 4.00. The number of ether oxygens (including phenoxy) is 1. The lowest BCUT2D eigenvalue weighted by Crippen LogP contribution is -2.38. The zero-order valence-corrected chi connectivity index (χ0v) is 16.9. The third-order valence-corrected chi connectivity index (χ3v) is 5.75. The summed E-state index contributed by atoms with van der Waals surface area (Å²) < 4.78 is 43.7. The number of nitrogens with zero attached hydrogens (tertiary/aromatic N) is 1. The van der Waals surface area contributed by atoms with Crippen molar-refractivity contribution in [1.29, 1.82) is 0 Å². The van der Waals surface area contributed by atoms with Crippen LogP contribution in [-0.4, -0.2) is 46.9 Å². The summed E-state index contributed by atoms with van der Waals surface area (Å²) in [5.41, 5.74) is 1.07. The Morgan fingerprint density at radius 2 is 1.82 bits per heavy atom. The van der Waals surface area contributed by atoms with Gasteiger partial charge in [-0.15, -0.1) is 0 Å². The van der Waals surface area contributed by atoms with E-state index < -0.39 is 15.7 Å². The number of aliphatic imine (C=N–C) groups is 1. The van der Waals surface area contributed by atoms with Crippen LogP contribution < -0.4 is 15.4 Å². The number of methoxy groups -OCH3 is 1. The van der Waals surface area contributed by atoms with Gasteiger partial charge in [0.2, 0.25) is 0 Å². The standard InChI is InChI=1S/C20H26FN3O3S/c1-3-22-20(23-13-12-16-8-4-6-10-18(16)27-2)24-14-15-28(25,26)19-11-7-5-9-17(19)21/h4-11H,3,12-15H2,1-2H3,(H2,22,23,24). The van der Waals surface area contributed by atoms with E-state index in [1.165, 1.54) is 18.2 Å². The lowest BCUT2D eigenvalue weighted by molar-refractivity contribution is 0.409. The van der Waals surface area contributed by atoms with Gasteiger partial charge in [0.25, 0.3) is 0 Å². The fourth-order valence-corrected chi connectivity index (χ4v) is 3.85. The molecule has 0 saturated carbocycles. The summed E-state index contributed by atoms with van der Waals surface area (Å²) in [6.45, 7) is 3.20. The highest BCUT2D eigenvalue weighted by Crippen LogP contribution is 2.17. The SMILES string of the molecule is CCNC(=NCCS(=O)(=O)c1ccccc1F)NCCc1ccccc1OC. The van der Waals surface area contributed by atoms with E-state index in [9.17, 15) is 12.8 Å². The van der Waals surface area contributed by atoms with Gasteiger partial charge in [0.15, 0.2) is 15.8 Å². The number of hydrogen-bond acceptors (Lipinski definition) is 4. The summed E-state index contributed by atoms with van der Waals surface area (Å²) in [6.07, 6.45) is 0.724. The molecule has 0 spiro atoms. The Hall–Kier alpha value is -2.61. The minimum Gasteiger partial charge on any atom is -0.496 e. The Bertz CT molecular complexity index is 901. The van der Waals surface area contributed by atoms with Gasteiger partial charge in [0.1, 0.15) is 16.5 Å². The van der Waals surface area contributed by atoms with Crippen LogP contribution in [-0.2, 0) is 16.3 Å². The Labute approximate surface area is 165 Å². The highest BCUT2D eigenvalue weighted by Gasteiger charge is 2.18. The van der Waals surface area contributed by atoms with Gasteiger partial charge in [-0.05, 0) is 37.1 Å². The summed E-state index contributed by atoms with van der Waals surface area (Å²) in [7, 11) is -2.10. The average Bonchev–Trinajstić information content (AvgIpc) is 2.68. The molecule has 0 bridgehead atoms. The maximum atomic E-state index is 13.7. The van der Waals surface area contributed by atoms with Crippen molar-refractivity contribution in [1.82, 2.24) is 10.6 Å². The number of sulfone groups is 1. The van der Waals surface area contributed by atoms with Crippen LogP contribution >= 0.6 is 0 Å². The maximum absolute atomic E-state index is 13.7. The molecule has 2 N–H and O–H groups in total. The highest BCUT2D eigenvalue weighted by molar-refractivity contribution is 7.91. The number of rotatable bonds is 9. The fraction of sp³-hybridized carbons (Fsp3) is 0.350. The number of halogens is 1. The van der Waals surface area contributed by atoms with Crippen LogP contribution in [0.2, 0.25) is 0 Å². The molecule has 8 heteroatoms. The Balaban J connectivity index is 1.94. The maximum Gasteiger partial charge on any atom is 0.191 e. The molecule has 2 rings (SSSR count). The molecule has 0 aliphatic carbocycles. The second-order valence-corrected chi connectivity index (χ2v) is 8.08. The van der Waals surface area contributed by atoms with E-state index in [0.29, 0.717) is 19.0 Å². The first-order valence-electron chi connectivity index (χ1n) is 9.09. The monoisotopic (exact) mass is 407 g/mol. The van der Waals surface area contributed by atoms with E-state index in [-0.39, 0.29) is 17.2 Å². The van der Waals surface area contributed by atoms with Crippen molar-refractivity contribution in [2.75, 3.05) is 32.5 Å². The number of guanidine groups is 1. The molecular formula is C20H26FN3O3S. The smallest absolute Gasteiger partial charge is 0.191 e. The highest BCUT2D eigenvalue weighted by atomic mass is 32.2. The van der Waals surface area contributed by atoms with Gasteiger partial charge in [-0.25, -0.2) is 12.8 Å². The van der Waals surface area contributed by atoms with E-state index >= 15 is 0 Å². The third kappa shape index (κ3) is 6.23. The first-order chi connectivity index (χ1) is 13.5. The molecule has 152 valence electrons. The average molecular weight is 408 g/mol. The molecular weight excluding hydrogens is 381 g/mol. The molecule has 0 aromatic heterocycles. The minimum absolute atomic E-state index is 0.0284. The van der Waals surface area contributed by atoms with E-state index in [0.717, 1.165) is 23.8 Å². The molecule has 28 heavy (non-hydrogen) atoms. The van der Waals surface area contributed by atoms with Crippen molar-refractivity contribution in [2.45, 2.75) is 18.2 Å². The summed E-state index contributed by atoms with van der Waals surface area (Å²) >= 11 is 0. The van der Waals surface area contributed by atoms with Crippen molar-refractivity contribution >= 4 is 15.8 Å². The number of benzene rings is 2. The first kappa shape index (κ1) is 21.7. The van der Waals surface area contributed by atoms with Crippen LogP contribution in [0.25, 0.3) is 0 Å². The fourth-order valence-electron chi connectivity index (χ4n) is 2.65. The van der Waals surface area contributed by atoms with Gasteiger partial charge in [0, 0.05) is 13.1 Å². The molecule has 6 nitrogen and oxygen atoms in total. The van der Waals surface area contributed by atoms with Crippen molar-refractivity contribution in [2.24, 2.45) is 4.99 Å².